The van der Waals surface area contributed by atoms with E-state index in [9.17, 15) is 45.7 Å². The summed E-state index contributed by atoms with van der Waals surface area (Å²) in [5.74, 6) is -2.63. The van der Waals surface area contributed by atoms with E-state index in [-0.39, 0.29) is 28.8 Å². The first kappa shape index (κ1) is 30.4. The number of phenolic OH excluding ortho intramolecular Hbond substituents is 1. The van der Waals surface area contributed by atoms with E-state index in [1.807, 2.05) is 0 Å². The first-order chi connectivity index (χ1) is 20.7. The average molecular weight is 648 g/mol. The number of carboxylic acids is 1. The van der Waals surface area contributed by atoms with E-state index < -0.39 is 63.9 Å². The summed E-state index contributed by atoms with van der Waals surface area (Å²) >= 11 is 0. The molecule has 1 fully saturated rings. The molecule has 1 aromatic heterocycles. The number of carbonyl (C=O) groups is 1. The molecule has 0 spiro atoms. The highest BCUT2D eigenvalue weighted by Gasteiger charge is 2.28. The highest BCUT2D eigenvalue weighted by atomic mass is 32.2. The van der Waals surface area contributed by atoms with Crippen molar-refractivity contribution in [2.75, 3.05) is 36.5 Å². The fourth-order valence-corrected chi connectivity index (χ4v) is 5.69. The smallest absolute Gasteiger partial charge is 0.351 e. The van der Waals surface area contributed by atoms with Crippen LogP contribution >= 0.6 is 0 Å². The Bertz CT molecular complexity index is 2110. The monoisotopic (exact) mass is 647 g/mol. The van der Waals surface area contributed by atoms with Crippen LogP contribution in [0.4, 0.5) is 29.0 Å². The molecular weight excluding hydrogens is 626 g/mol. The maximum Gasteiger partial charge on any atom is 0.351 e. The van der Waals surface area contributed by atoms with Gasteiger partial charge in [0.2, 0.25) is 11.9 Å². The number of anilines is 3. The topological polar surface area (TPSA) is 274 Å². The molecule has 4 aromatic rings. The van der Waals surface area contributed by atoms with Gasteiger partial charge < -0.3 is 25.2 Å². The van der Waals surface area contributed by atoms with Gasteiger partial charge in [-0.05, 0) is 30.3 Å². The number of aromatic nitrogens is 3. The predicted octanol–water partition coefficient (Wildman–Crippen LogP) is 2.21. The van der Waals surface area contributed by atoms with Gasteiger partial charge in [-0.15, -0.1) is 10.2 Å². The Hall–Kier alpha value is -5.02. The third-order valence-corrected chi connectivity index (χ3v) is 8.09. The molecule has 0 amide bonds. The predicted molar refractivity (Wildman–Crippen MR) is 152 cm³/mol. The van der Waals surface area contributed by atoms with E-state index in [0.717, 1.165) is 12.1 Å². The van der Waals surface area contributed by atoms with Gasteiger partial charge in [0.15, 0.2) is 5.75 Å². The van der Waals surface area contributed by atoms with Crippen molar-refractivity contribution in [2.24, 2.45) is 10.2 Å². The lowest BCUT2D eigenvalue weighted by molar-refractivity contribution is 0.0697. The second-order valence-corrected chi connectivity index (χ2v) is 11.9. The molecule has 0 unspecified atom stereocenters. The normalized spacial score (nSPS) is 14.3. The minimum absolute atomic E-state index is 0.0304. The van der Waals surface area contributed by atoms with E-state index in [1.54, 1.807) is 4.90 Å². The molecule has 2 heterocycles. The van der Waals surface area contributed by atoms with Crippen molar-refractivity contribution in [3.8, 4) is 5.75 Å². The maximum absolute atomic E-state index is 12.3. The average Bonchev–Trinajstić information content (AvgIpc) is 2.95. The van der Waals surface area contributed by atoms with Gasteiger partial charge in [0.1, 0.15) is 21.2 Å². The van der Waals surface area contributed by atoms with Crippen LogP contribution in [-0.2, 0) is 25.0 Å². The van der Waals surface area contributed by atoms with E-state index in [4.69, 9.17) is 4.74 Å². The van der Waals surface area contributed by atoms with Crippen LogP contribution in [0.1, 0.15) is 10.4 Å². The third kappa shape index (κ3) is 6.18. The fraction of sp³-hybridized carbons (Fsp3) is 0.167. The number of aromatic carboxylic acids is 1. The first-order valence-corrected chi connectivity index (χ1v) is 15.2. The summed E-state index contributed by atoms with van der Waals surface area (Å²) in [5.41, 5.74) is -2.46. The van der Waals surface area contributed by atoms with Crippen molar-refractivity contribution in [1.29, 1.82) is 0 Å². The van der Waals surface area contributed by atoms with Crippen LogP contribution < -0.4 is 15.9 Å². The number of benzene rings is 3. The van der Waals surface area contributed by atoms with E-state index >= 15 is 0 Å². The van der Waals surface area contributed by atoms with Crippen molar-refractivity contribution >= 4 is 65.9 Å². The summed E-state index contributed by atoms with van der Waals surface area (Å²) in [6.07, 6.45) is 0. The molecule has 0 saturated carbocycles. The molecule has 0 radical (unpaired) electrons. The Labute approximate surface area is 247 Å². The van der Waals surface area contributed by atoms with Gasteiger partial charge in [0, 0.05) is 18.5 Å². The summed E-state index contributed by atoms with van der Waals surface area (Å²) in [6.45, 7) is 1.48. The Balaban J connectivity index is 1.75. The van der Waals surface area contributed by atoms with Crippen molar-refractivity contribution < 1.29 is 45.7 Å². The lowest BCUT2D eigenvalue weighted by Crippen LogP contribution is -2.38. The van der Waals surface area contributed by atoms with Gasteiger partial charge in [0.25, 0.3) is 20.2 Å². The van der Waals surface area contributed by atoms with Gasteiger partial charge in [-0.25, -0.2) is 9.59 Å². The molecule has 230 valence electrons. The minimum atomic E-state index is -5.25. The van der Waals surface area contributed by atoms with Gasteiger partial charge in [0.05, 0.1) is 29.9 Å². The molecular formula is C24H21N7O11S2. The Morgan fingerprint density at radius 3 is 2.32 bits per heavy atom. The summed E-state index contributed by atoms with van der Waals surface area (Å²) in [5, 5.41) is 29.8. The number of morpholine rings is 1. The van der Waals surface area contributed by atoms with Gasteiger partial charge >= 0.3 is 11.7 Å². The number of ether oxygens (including phenoxy) is 1. The van der Waals surface area contributed by atoms with E-state index in [0.29, 0.717) is 32.4 Å². The van der Waals surface area contributed by atoms with Gasteiger partial charge in [-0.3, -0.25) is 14.1 Å². The zero-order chi connectivity index (χ0) is 31.8. The Morgan fingerprint density at radius 2 is 1.66 bits per heavy atom. The molecule has 20 heteroatoms. The van der Waals surface area contributed by atoms with Crippen LogP contribution in [0.2, 0.25) is 0 Å². The zero-order valence-corrected chi connectivity index (χ0v) is 23.7. The summed E-state index contributed by atoms with van der Waals surface area (Å²) in [4.78, 5) is 34.0. The van der Waals surface area contributed by atoms with Crippen LogP contribution in [0.25, 0.3) is 10.8 Å². The van der Waals surface area contributed by atoms with Crippen LogP contribution in [0, 0.1) is 0 Å². The number of nitrogens with one attached hydrogen (secondary N) is 2. The number of phenols is 1. The largest absolute Gasteiger partial charge is 0.505 e. The van der Waals surface area contributed by atoms with Crippen molar-refractivity contribution in [1.82, 2.24) is 15.0 Å². The molecule has 6 N–H and O–H groups in total. The number of nitrogens with zero attached hydrogens (tertiary/aromatic N) is 5. The SMILES string of the molecule is O=C(O)c1ccccc1N=Nc1c(S(=O)(=O)O)cc2c(S(=O)(=O)O)ccc(Nc3nc(N4CCOCC4)nc(=O)[nH]3)c2c1O. The number of hydrogen-bond acceptors (Lipinski definition) is 14. The highest BCUT2D eigenvalue weighted by Crippen LogP contribution is 2.46. The van der Waals surface area contributed by atoms with E-state index in [2.05, 4.69) is 30.5 Å². The number of aromatic amines is 1. The molecule has 3 aromatic carbocycles. The molecule has 44 heavy (non-hydrogen) atoms. The van der Waals surface area contributed by atoms with Crippen molar-refractivity contribution in [3.63, 3.8) is 0 Å². The second kappa shape index (κ2) is 11.6. The maximum atomic E-state index is 12.3. The standard InChI is InChI=1S/C24H21N7O11S2/c32-20-18-13(11-17(44(39,40)41)19(20)30-29-14-4-2-1-3-12(14)21(33)34)16(43(36,37)38)6-5-15(18)25-22-26-23(28-24(35)27-22)31-7-9-42-10-8-31/h1-6,11,32H,7-10H2,(H,33,34)(H,36,37,38)(H,39,40,41)(H2,25,26,27,28,35). The number of fused-ring (bicyclic) bond motifs is 1. The van der Waals surface area contributed by atoms with Gasteiger partial charge in [-0.2, -0.15) is 26.8 Å². The Morgan fingerprint density at radius 1 is 0.977 bits per heavy atom. The van der Waals surface area contributed by atoms with Crippen molar-refractivity contribution in [2.45, 2.75) is 9.79 Å². The minimum Gasteiger partial charge on any atom is -0.505 e. The molecule has 0 atom stereocenters. The summed E-state index contributed by atoms with van der Waals surface area (Å²) < 4.78 is 74.2. The number of aromatic hydroxyl groups is 1. The van der Waals surface area contributed by atoms with Crippen molar-refractivity contribution in [3.05, 3.63) is 58.5 Å². The van der Waals surface area contributed by atoms with Crippen LogP contribution in [-0.4, -0.2) is 83.4 Å². The quantitative estimate of drug-likeness (QED) is 0.118. The lowest BCUT2D eigenvalue weighted by atomic mass is 10.1. The second-order valence-electron chi connectivity index (χ2n) is 9.10. The number of hydrogen-bond donors (Lipinski definition) is 6. The number of H-pyrrole nitrogens is 1. The zero-order valence-electron chi connectivity index (χ0n) is 22.1. The summed E-state index contributed by atoms with van der Waals surface area (Å²) in [7, 11) is -10.3. The van der Waals surface area contributed by atoms with Crippen LogP contribution in [0.3, 0.4) is 0 Å². The summed E-state index contributed by atoms with van der Waals surface area (Å²) in [6, 6.07) is 7.81. The lowest BCUT2D eigenvalue weighted by Gasteiger charge is -2.26. The number of carboxylic acid groups (broad SMARTS) is 1. The molecule has 1 aliphatic heterocycles. The molecule has 1 saturated heterocycles. The van der Waals surface area contributed by atoms with E-state index in [1.165, 1.54) is 24.3 Å². The number of rotatable bonds is 8. The van der Waals surface area contributed by atoms with Crippen LogP contribution in [0.5, 0.6) is 5.75 Å². The number of azo groups is 1. The first-order valence-electron chi connectivity index (χ1n) is 12.3. The molecule has 18 nitrogen and oxygen atoms in total. The Kier molecular flexibility index (Phi) is 8.01. The molecule has 5 rings (SSSR count). The fourth-order valence-electron chi connectivity index (χ4n) is 4.37. The van der Waals surface area contributed by atoms with Gasteiger partial charge in [-0.1, -0.05) is 12.1 Å². The highest BCUT2D eigenvalue weighted by molar-refractivity contribution is 7.86. The third-order valence-electron chi connectivity index (χ3n) is 6.31. The molecule has 0 aliphatic carbocycles. The molecule has 1 aliphatic rings. The molecule has 0 bridgehead atoms. The van der Waals surface area contributed by atoms with Crippen LogP contribution in [0.15, 0.2) is 67.3 Å².